The van der Waals surface area contributed by atoms with Crippen LogP contribution in [0.25, 0.3) is 0 Å². The van der Waals surface area contributed by atoms with Crippen molar-refractivity contribution in [1.82, 2.24) is 4.90 Å². The van der Waals surface area contributed by atoms with Crippen LogP contribution in [0, 0.1) is 11.3 Å². The number of Topliss-reactive ketones (excluding diaryl/α,β-unsaturated/α-hetero) is 1. The van der Waals surface area contributed by atoms with Crippen molar-refractivity contribution >= 4 is 11.7 Å². The van der Waals surface area contributed by atoms with E-state index in [1.807, 2.05) is 25.7 Å². The van der Waals surface area contributed by atoms with Crippen molar-refractivity contribution in [2.45, 2.75) is 33.6 Å². The average Bonchev–Trinajstić information content (AvgIpc) is 2.52. The van der Waals surface area contributed by atoms with Gasteiger partial charge in [-0.1, -0.05) is 20.8 Å². The monoisotopic (exact) mass is 303 g/mol. The molecule has 120 valence electrons. The summed E-state index contributed by atoms with van der Waals surface area (Å²) in [6, 6.07) is 7.19. The molecule has 1 fully saturated rings. The third-order valence-electron chi connectivity index (χ3n) is 4.10. The number of piperidine rings is 1. The Morgan fingerprint density at radius 3 is 2.36 bits per heavy atom. The lowest BCUT2D eigenvalue weighted by molar-refractivity contribution is -0.140. The average molecular weight is 303 g/mol. The van der Waals surface area contributed by atoms with Crippen LogP contribution in [0.3, 0.4) is 0 Å². The van der Waals surface area contributed by atoms with Gasteiger partial charge in [-0.2, -0.15) is 0 Å². The molecule has 1 aromatic carbocycles. The van der Waals surface area contributed by atoms with Gasteiger partial charge in [0, 0.05) is 30.0 Å². The maximum atomic E-state index is 12.6. The molecule has 0 bridgehead atoms. The normalized spacial score (nSPS) is 18.9. The standard InChI is InChI=1S/C18H25NO3/c1-18(2,3)17(21)19-11-5-6-14(12-19)16(20)13-7-9-15(22-4)10-8-13/h7-10,14H,5-6,11-12H2,1-4H3. The van der Waals surface area contributed by atoms with Crippen LogP contribution in [-0.4, -0.2) is 36.8 Å². The predicted octanol–water partition coefficient (Wildman–Crippen LogP) is 3.16. The first-order chi connectivity index (χ1) is 10.3. The summed E-state index contributed by atoms with van der Waals surface area (Å²) in [4.78, 5) is 26.9. The molecule has 1 saturated heterocycles. The largest absolute Gasteiger partial charge is 0.497 e. The number of nitrogens with zero attached hydrogens (tertiary/aromatic N) is 1. The Morgan fingerprint density at radius 1 is 1.18 bits per heavy atom. The molecular formula is C18H25NO3. The number of amides is 1. The summed E-state index contributed by atoms with van der Waals surface area (Å²) in [5.41, 5.74) is 0.293. The Hall–Kier alpha value is -1.84. The van der Waals surface area contributed by atoms with Crippen LogP contribution < -0.4 is 4.74 Å². The second kappa shape index (κ2) is 6.51. The Morgan fingerprint density at radius 2 is 1.82 bits per heavy atom. The maximum absolute atomic E-state index is 12.6. The lowest BCUT2D eigenvalue weighted by Crippen LogP contribution is -2.46. The molecule has 1 aliphatic rings. The molecule has 0 saturated carbocycles. The van der Waals surface area contributed by atoms with Crippen LogP contribution >= 0.6 is 0 Å². The van der Waals surface area contributed by atoms with E-state index in [4.69, 9.17) is 4.74 Å². The molecule has 2 rings (SSSR count). The number of methoxy groups -OCH3 is 1. The molecule has 1 atom stereocenters. The first-order valence-electron chi connectivity index (χ1n) is 7.80. The Labute approximate surface area is 132 Å². The summed E-state index contributed by atoms with van der Waals surface area (Å²) in [5.74, 6) is 0.881. The van der Waals surface area contributed by atoms with E-state index in [9.17, 15) is 9.59 Å². The third-order valence-corrected chi connectivity index (χ3v) is 4.10. The Bertz CT molecular complexity index is 542. The molecule has 1 aromatic rings. The first-order valence-corrected chi connectivity index (χ1v) is 7.80. The van der Waals surface area contributed by atoms with Gasteiger partial charge in [-0.15, -0.1) is 0 Å². The van der Waals surface area contributed by atoms with Crippen molar-refractivity contribution in [3.8, 4) is 5.75 Å². The molecule has 0 N–H and O–H groups in total. The first kappa shape index (κ1) is 16.5. The third kappa shape index (κ3) is 3.67. The van der Waals surface area contributed by atoms with Crippen LogP contribution in [0.4, 0.5) is 0 Å². The number of hydrogen-bond donors (Lipinski definition) is 0. The van der Waals surface area contributed by atoms with E-state index in [-0.39, 0.29) is 17.6 Å². The quantitative estimate of drug-likeness (QED) is 0.806. The van der Waals surface area contributed by atoms with Gasteiger partial charge in [-0.25, -0.2) is 0 Å². The number of likely N-dealkylation sites (tertiary alicyclic amines) is 1. The van der Waals surface area contributed by atoms with Gasteiger partial charge in [0.15, 0.2) is 5.78 Å². The fraction of sp³-hybridized carbons (Fsp3) is 0.556. The summed E-state index contributed by atoms with van der Waals surface area (Å²) < 4.78 is 5.12. The van der Waals surface area contributed by atoms with Gasteiger partial charge in [0.25, 0.3) is 0 Å². The molecule has 0 aromatic heterocycles. The number of rotatable bonds is 3. The Kier molecular flexibility index (Phi) is 4.89. The molecule has 1 amide bonds. The van der Waals surface area contributed by atoms with Gasteiger partial charge in [0.1, 0.15) is 5.75 Å². The van der Waals surface area contributed by atoms with Gasteiger partial charge in [0.2, 0.25) is 5.91 Å². The van der Waals surface area contributed by atoms with E-state index in [2.05, 4.69) is 0 Å². The van der Waals surface area contributed by atoms with Crippen molar-refractivity contribution in [3.05, 3.63) is 29.8 Å². The Balaban J connectivity index is 2.08. The number of carbonyl (C=O) groups is 2. The minimum atomic E-state index is -0.398. The number of ketones is 1. The maximum Gasteiger partial charge on any atom is 0.227 e. The van der Waals surface area contributed by atoms with E-state index in [1.54, 1.807) is 31.4 Å². The van der Waals surface area contributed by atoms with E-state index in [1.165, 1.54) is 0 Å². The zero-order valence-electron chi connectivity index (χ0n) is 13.9. The highest BCUT2D eigenvalue weighted by Gasteiger charge is 2.33. The molecule has 4 heteroatoms. The summed E-state index contributed by atoms with van der Waals surface area (Å²) in [7, 11) is 1.61. The molecular weight excluding hydrogens is 278 g/mol. The molecule has 22 heavy (non-hydrogen) atoms. The minimum Gasteiger partial charge on any atom is -0.497 e. The number of ether oxygens (including phenoxy) is 1. The second-order valence-corrected chi connectivity index (χ2v) is 6.93. The highest BCUT2D eigenvalue weighted by molar-refractivity contribution is 5.98. The molecule has 4 nitrogen and oxygen atoms in total. The summed E-state index contributed by atoms with van der Waals surface area (Å²) >= 11 is 0. The summed E-state index contributed by atoms with van der Waals surface area (Å²) in [6.45, 7) is 7.04. The molecule has 1 heterocycles. The summed E-state index contributed by atoms with van der Waals surface area (Å²) in [5, 5.41) is 0. The fourth-order valence-electron chi connectivity index (χ4n) is 2.84. The zero-order valence-corrected chi connectivity index (χ0v) is 13.9. The van der Waals surface area contributed by atoms with E-state index < -0.39 is 5.41 Å². The number of carbonyl (C=O) groups excluding carboxylic acids is 2. The lowest BCUT2D eigenvalue weighted by atomic mass is 9.87. The minimum absolute atomic E-state index is 0.103. The topological polar surface area (TPSA) is 46.6 Å². The van der Waals surface area contributed by atoms with Gasteiger partial charge in [-0.05, 0) is 37.1 Å². The van der Waals surface area contributed by atoms with Crippen LogP contribution in [0.15, 0.2) is 24.3 Å². The van der Waals surface area contributed by atoms with Crippen molar-refractivity contribution in [3.63, 3.8) is 0 Å². The molecule has 0 spiro atoms. The predicted molar refractivity (Wildman–Crippen MR) is 86.1 cm³/mol. The second-order valence-electron chi connectivity index (χ2n) is 6.93. The number of benzene rings is 1. The summed E-state index contributed by atoms with van der Waals surface area (Å²) in [6.07, 6.45) is 1.73. The van der Waals surface area contributed by atoms with Crippen LogP contribution in [0.1, 0.15) is 44.0 Å². The van der Waals surface area contributed by atoms with Crippen LogP contribution in [-0.2, 0) is 4.79 Å². The molecule has 1 unspecified atom stereocenters. The molecule has 1 aliphatic heterocycles. The fourth-order valence-corrected chi connectivity index (χ4v) is 2.84. The van der Waals surface area contributed by atoms with Gasteiger partial charge in [0.05, 0.1) is 7.11 Å². The van der Waals surface area contributed by atoms with Crippen molar-refractivity contribution in [2.24, 2.45) is 11.3 Å². The van der Waals surface area contributed by atoms with Crippen LogP contribution in [0.2, 0.25) is 0 Å². The van der Waals surface area contributed by atoms with Crippen molar-refractivity contribution in [2.75, 3.05) is 20.2 Å². The van der Waals surface area contributed by atoms with Crippen molar-refractivity contribution < 1.29 is 14.3 Å². The number of hydrogen-bond acceptors (Lipinski definition) is 3. The van der Waals surface area contributed by atoms with E-state index >= 15 is 0 Å². The molecule has 0 radical (unpaired) electrons. The lowest BCUT2D eigenvalue weighted by Gasteiger charge is -2.36. The van der Waals surface area contributed by atoms with Crippen LogP contribution in [0.5, 0.6) is 5.75 Å². The smallest absolute Gasteiger partial charge is 0.227 e. The highest BCUT2D eigenvalue weighted by Crippen LogP contribution is 2.26. The molecule has 0 aliphatic carbocycles. The van der Waals surface area contributed by atoms with Gasteiger partial charge in [-0.3, -0.25) is 9.59 Å². The van der Waals surface area contributed by atoms with Gasteiger partial charge >= 0.3 is 0 Å². The van der Waals surface area contributed by atoms with E-state index in [0.29, 0.717) is 12.1 Å². The SMILES string of the molecule is COc1ccc(C(=O)C2CCCN(C(=O)C(C)(C)C)C2)cc1. The van der Waals surface area contributed by atoms with E-state index in [0.717, 1.165) is 25.1 Å². The van der Waals surface area contributed by atoms with Crippen molar-refractivity contribution in [1.29, 1.82) is 0 Å². The van der Waals surface area contributed by atoms with Gasteiger partial charge < -0.3 is 9.64 Å². The highest BCUT2D eigenvalue weighted by atomic mass is 16.5. The zero-order chi connectivity index (χ0) is 16.3.